The number of pyridine rings is 1. The number of hydrogen-bond acceptors (Lipinski definition) is 5. The maximum Gasteiger partial charge on any atom is 0.272 e. The van der Waals surface area contributed by atoms with Gasteiger partial charge < -0.3 is 10.6 Å². The van der Waals surface area contributed by atoms with Crippen molar-refractivity contribution >= 4 is 29.0 Å². The van der Waals surface area contributed by atoms with Crippen molar-refractivity contribution in [2.45, 2.75) is 13.5 Å². The zero-order valence-corrected chi connectivity index (χ0v) is 14.3. The number of nitrogens with zero attached hydrogens (tertiary/aromatic N) is 3. The Labute approximate surface area is 150 Å². The molecule has 0 bridgehead atoms. The van der Waals surface area contributed by atoms with Gasteiger partial charge in [0.2, 0.25) is 0 Å². The van der Waals surface area contributed by atoms with Gasteiger partial charge in [-0.15, -0.1) is 10.2 Å². The molecule has 0 unspecified atom stereocenters. The molecule has 2 N–H and O–H groups in total. The first-order valence-electron chi connectivity index (χ1n) is 7.66. The van der Waals surface area contributed by atoms with Crippen LogP contribution in [0.1, 0.15) is 21.6 Å². The van der Waals surface area contributed by atoms with Crippen LogP contribution < -0.4 is 10.6 Å². The summed E-state index contributed by atoms with van der Waals surface area (Å²) < 4.78 is 0. The first kappa shape index (κ1) is 16.9. The smallest absolute Gasteiger partial charge is 0.272 e. The number of halogens is 1. The molecule has 0 radical (unpaired) electrons. The van der Waals surface area contributed by atoms with Gasteiger partial charge in [0.15, 0.2) is 11.5 Å². The number of nitrogens with one attached hydrogen (secondary N) is 2. The van der Waals surface area contributed by atoms with Crippen molar-refractivity contribution in [1.82, 2.24) is 20.5 Å². The minimum absolute atomic E-state index is 0.252. The molecule has 7 heteroatoms. The van der Waals surface area contributed by atoms with E-state index in [9.17, 15) is 4.79 Å². The lowest BCUT2D eigenvalue weighted by molar-refractivity contribution is 0.0945. The van der Waals surface area contributed by atoms with Crippen LogP contribution in [0.5, 0.6) is 0 Å². The average Bonchev–Trinajstić information content (AvgIpc) is 2.64. The number of anilines is 2. The molecule has 1 amide bonds. The van der Waals surface area contributed by atoms with Gasteiger partial charge in [0.1, 0.15) is 0 Å². The van der Waals surface area contributed by atoms with E-state index in [4.69, 9.17) is 11.6 Å². The second-order valence-corrected chi connectivity index (χ2v) is 5.86. The summed E-state index contributed by atoms with van der Waals surface area (Å²) in [7, 11) is 0. The second-order valence-electron chi connectivity index (χ2n) is 5.43. The third-order valence-electron chi connectivity index (χ3n) is 3.56. The monoisotopic (exact) mass is 353 g/mol. The second kappa shape index (κ2) is 7.72. The van der Waals surface area contributed by atoms with Crippen molar-refractivity contribution in [1.29, 1.82) is 0 Å². The van der Waals surface area contributed by atoms with E-state index in [2.05, 4.69) is 25.8 Å². The Kier molecular flexibility index (Phi) is 5.20. The molecule has 0 saturated carbocycles. The van der Waals surface area contributed by atoms with Crippen molar-refractivity contribution < 1.29 is 4.79 Å². The van der Waals surface area contributed by atoms with E-state index in [0.29, 0.717) is 17.4 Å². The Bertz CT molecular complexity index is 868. The molecule has 25 heavy (non-hydrogen) atoms. The fourth-order valence-corrected chi connectivity index (χ4v) is 2.33. The summed E-state index contributed by atoms with van der Waals surface area (Å²) >= 11 is 6.00. The maximum atomic E-state index is 12.1. The average molecular weight is 354 g/mol. The van der Waals surface area contributed by atoms with E-state index in [-0.39, 0.29) is 11.6 Å². The molecule has 0 aliphatic carbocycles. The Morgan fingerprint density at radius 3 is 2.60 bits per heavy atom. The van der Waals surface area contributed by atoms with Crippen molar-refractivity contribution in [3.05, 3.63) is 76.7 Å². The van der Waals surface area contributed by atoms with E-state index >= 15 is 0 Å². The first-order chi connectivity index (χ1) is 12.1. The summed E-state index contributed by atoms with van der Waals surface area (Å²) in [6, 6.07) is 12.6. The molecular weight excluding hydrogens is 338 g/mol. The van der Waals surface area contributed by atoms with Crippen LogP contribution in [0.15, 0.2) is 54.9 Å². The third kappa shape index (κ3) is 4.51. The van der Waals surface area contributed by atoms with Crippen molar-refractivity contribution in [2.75, 3.05) is 5.32 Å². The van der Waals surface area contributed by atoms with Gasteiger partial charge in [0.25, 0.3) is 5.91 Å². The number of carbonyl (C=O) groups excluding carboxylic acids is 1. The van der Waals surface area contributed by atoms with E-state index in [1.165, 1.54) is 0 Å². The fraction of sp³-hybridized carbons (Fsp3) is 0.111. The Balaban J connectivity index is 1.63. The van der Waals surface area contributed by atoms with Gasteiger partial charge in [0, 0.05) is 29.6 Å². The van der Waals surface area contributed by atoms with Crippen LogP contribution in [0.25, 0.3) is 0 Å². The summed E-state index contributed by atoms with van der Waals surface area (Å²) in [6.45, 7) is 2.37. The Morgan fingerprint density at radius 2 is 1.88 bits per heavy atom. The van der Waals surface area contributed by atoms with Crippen LogP contribution in [0.2, 0.25) is 5.02 Å². The molecule has 6 nitrogen and oxygen atoms in total. The SMILES string of the molecule is Cc1ccc(Cl)cc1Nc1ccc(C(=O)NCc2ccncc2)nn1. The highest BCUT2D eigenvalue weighted by Crippen LogP contribution is 2.22. The minimum atomic E-state index is -0.283. The van der Waals surface area contributed by atoms with E-state index < -0.39 is 0 Å². The Morgan fingerprint density at radius 1 is 1.08 bits per heavy atom. The number of aryl methyl sites for hydroxylation is 1. The van der Waals surface area contributed by atoms with Gasteiger partial charge in [-0.05, 0) is 54.4 Å². The summed E-state index contributed by atoms with van der Waals surface area (Å²) in [4.78, 5) is 16.1. The number of hydrogen-bond donors (Lipinski definition) is 2. The van der Waals surface area contributed by atoms with Crippen LogP contribution in [0.4, 0.5) is 11.5 Å². The number of rotatable bonds is 5. The lowest BCUT2D eigenvalue weighted by Crippen LogP contribution is -2.24. The highest BCUT2D eigenvalue weighted by Gasteiger charge is 2.08. The standard InChI is InChI=1S/C18H16ClN5O/c1-12-2-3-14(19)10-16(12)22-17-5-4-15(23-24-17)18(25)21-11-13-6-8-20-9-7-13/h2-10H,11H2,1H3,(H,21,25)(H,22,24). The topological polar surface area (TPSA) is 79.8 Å². The predicted molar refractivity (Wildman–Crippen MR) is 96.9 cm³/mol. The number of carbonyl (C=O) groups is 1. The van der Waals surface area contributed by atoms with Crippen LogP contribution >= 0.6 is 11.6 Å². The molecule has 1 aromatic carbocycles. The minimum Gasteiger partial charge on any atom is -0.347 e. The molecule has 0 fully saturated rings. The van der Waals surface area contributed by atoms with Gasteiger partial charge in [-0.25, -0.2) is 0 Å². The van der Waals surface area contributed by atoms with Crippen LogP contribution in [0.3, 0.4) is 0 Å². The maximum absolute atomic E-state index is 12.1. The zero-order valence-electron chi connectivity index (χ0n) is 13.5. The molecule has 3 rings (SSSR count). The van der Waals surface area contributed by atoms with Crippen molar-refractivity contribution in [2.24, 2.45) is 0 Å². The summed E-state index contributed by atoms with van der Waals surface area (Å²) in [5.41, 5.74) is 3.09. The molecule has 2 heterocycles. The molecule has 0 aliphatic heterocycles. The predicted octanol–water partition coefficient (Wildman–Crippen LogP) is 3.51. The molecule has 0 spiro atoms. The zero-order chi connectivity index (χ0) is 17.6. The highest BCUT2D eigenvalue weighted by molar-refractivity contribution is 6.30. The van der Waals surface area contributed by atoms with Crippen LogP contribution in [-0.2, 0) is 6.54 Å². The quantitative estimate of drug-likeness (QED) is 0.733. The van der Waals surface area contributed by atoms with E-state index in [1.54, 1.807) is 24.5 Å². The summed E-state index contributed by atoms with van der Waals surface area (Å²) in [5, 5.41) is 14.6. The first-order valence-corrected chi connectivity index (χ1v) is 8.03. The third-order valence-corrected chi connectivity index (χ3v) is 3.80. The van der Waals surface area contributed by atoms with Crippen LogP contribution in [0, 0.1) is 6.92 Å². The van der Waals surface area contributed by atoms with Gasteiger partial charge in [-0.2, -0.15) is 0 Å². The van der Waals surface area contributed by atoms with E-state index in [1.807, 2.05) is 37.3 Å². The number of amides is 1. The van der Waals surface area contributed by atoms with Gasteiger partial charge >= 0.3 is 0 Å². The molecule has 0 aliphatic rings. The lowest BCUT2D eigenvalue weighted by Gasteiger charge is -2.09. The summed E-state index contributed by atoms with van der Waals surface area (Å²) in [5.74, 6) is 0.255. The molecule has 2 aromatic heterocycles. The largest absolute Gasteiger partial charge is 0.347 e. The normalized spacial score (nSPS) is 10.3. The summed E-state index contributed by atoms with van der Waals surface area (Å²) in [6.07, 6.45) is 3.36. The molecule has 0 atom stereocenters. The molecule has 3 aromatic rings. The lowest BCUT2D eigenvalue weighted by atomic mass is 10.2. The van der Waals surface area contributed by atoms with Gasteiger partial charge in [-0.1, -0.05) is 17.7 Å². The molecular formula is C18H16ClN5O. The van der Waals surface area contributed by atoms with Gasteiger partial charge in [-0.3, -0.25) is 9.78 Å². The van der Waals surface area contributed by atoms with Gasteiger partial charge in [0.05, 0.1) is 0 Å². The van der Waals surface area contributed by atoms with Crippen molar-refractivity contribution in [3.8, 4) is 0 Å². The molecule has 0 saturated heterocycles. The molecule has 126 valence electrons. The van der Waals surface area contributed by atoms with Crippen LogP contribution in [-0.4, -0.2) is 21.1 Å². The highest BCUT2D eigenvalue weighted by atomic mass is 35.5. The van der Waals surface area contributed by atoms with Crippen molar-refractivity contribution in [3.63, 3.8) is 0 Å². The Hall–Kier alpha value is -2.99. The number of aromatic nitrogens is 3. The fourth-order valence-electron chi connectivity index (χ4n) is 2.16. The van der Waals surface area contributed by atoms with E-state index in [0.717, 1.165) is 16.8 Å². The number of benzene rings is 1.